The standard InChI is InChI=1S/C11H19N7O4/c1-14-9(19)22-4-5-6-11(17-7(12)16-6)10(20,21)2-3-18(11)8(13)15-5/h5-6,20-21H,2-4H2,1H3,(H2,13,15)(H,14,19)(H3,12,16,17)/t5-,6-,11-/m0/s1. The Morgan fingerprint density at radius 2 is 2.27 bits per heavy atom. The van der Waals surface area contributed by atoms with Crippen LogP contribution < -0.4 is 22.1 Å². The van der Waals surface area contributed by atoms with Crippen LogP contribution in [0.25, 0.3) is 0 Å². The lowest BCUT2D eigenvalue weighted by molar-refractivity contribution is -0.221. The average Bonchev–Trinajstić information content (AvgIpc) is 2.94. The second kappa shape index (κ2) is 4.61. The maximum atomic E-state index is 11.2. The van der Waals surface area contributed by atoms with Gasteiger partial charge in [-0.15, -0.1) is 0 Å². The smallest absolute Gasteiger partial charge is 0.406 e. The predicted molar refractivity (Wildman–Crippen MR) is 75.6 cm³/mol. The van der Waals surface area contributed by atoms with Gasteiger partial charge in [0.05, 0.1) is 0 Å². The van der Waals surface area contributed by atoms with Gasteiger partial charge in [-0.1, -0.05) is 0 Å². The number of nitrogens with two attached hydrogens (primary N) is 2. The Morgan fingerprint density at radius 1 is 1.55 bits per heavy atom. The van der Waals surface area contributed by atoms with Crippen LogP contribution in [-0.4, -0.2) is 76.9 Å². The Balaban J connectivity index is 1.95. The van der Waals surface area contributed by atoms with Crippen molar-refractivity contribution in [3.05, 3.63) is 0 Å². The highest BCUT2D eigenvalue weighted by molar-refractivity contribution is 5.87. The number of carbonyl (C=O) groups excluding carboxylic acids is 1. The fraction of sp³-hybridized carbons (Fsp3) is 0.727. The van der Waals surface area contributed by atoms with Crippen LogP contribution in [0.2, 0.25) is 0 Å². The molecule has 22 heavy (non-hydrogen) atoms. The molecule has 0 aromatic carbocycles. The normalized spacial score (nSPS) is 35.0. The molecule has 0 radical (unpaired) electrons. The highest BCUT2D eigenvalue weighted by Gasteiger charge is 2.69. The molecular formula is C11H19N7O4. The number of nitrogens with one attached hydrogen (secondary N) is 2. The summed E-state index contributed by atoms with van der Waals surface area (Å²) in [6.45, 7) is 0.173. The number of alkyl carbamates (subject to hydrolysis) is 1. The second-order valence-corrected chi connectivity index (χ2v) is 5.47. The molecule has 122 valence electrons. The lowest BCUT2D eigenvalue weighted by atomic mass is 9.87. The number of guanidine groups is 2. The number of rotatable bonds is 2. The fourth-order valence-electron chi connectivity index (χ4n) is 3.29. The maximum Gasteiger partial charge on any atom is 0.406 e. The Kier molecular flexibility index (Phi) is 3.07. The molecule has 11 nitrogen and oxygen atoms in total. The third-order valence-electron chi connectivity index (χ3n) is 4.27. The maximum absolute atomic E-state index is 11.2. The van der Waals surface area contributed by atoms with Crippen molar-refractivity contribution in [2.24, 2.45) is 21.5 Å². The minimum absolute atomic E-state index is 0.0541. The van der Waals surface area contributed by atoms with Crippen LogP contribution in [0, 0.1) is 0 Å². The summed E-state index contributed by atoms with van der Waals surface area (Å²) < 4.78 is 5.00. The first-order chi connectivity index (χ1) is 10.3. The quantitative estimate of drug-likeness (QED) is 0.284. The topological polar surface area (TPSA) is 171 Å². The molecule has 8 N–H and O–H groups in total. The van der Waals surface area contributed by atoms with E-state index in [2.05, 4.69) is 20.6 Å². The van der Waals surface area contributed by atoms with Crippen LogP contribution in [0.1, 0.15) is 6.42 Å². The zero-order valence-electron chi connectivity index (χ0n) is 12.0. The molecule has 3 aliphatic rings. The first-order valence-corrected chi connectivity index (χ1v) is 6.83. The van der Waals surface area contributed by atoms with Crippen molar-refractivity contribution in [2.75, 3.05) is 20.2 Å². The van der Waals surface area contributed by atoms with E-state index in [0.29, 0.717) is 0 Å². The van der Waals surface area contributed by atoms with Gasteiger partial charge in [0.1, 0.15) is 18.7 Å². The van der Waals surface area contributed by atoms with Gasteiger partial charge in [0.2, 0.25) is 5.79 Å². The number of hydrogen-bond acceptors (Lipinski definition) is 10. The molecule has 3 rings (SSSR count). The molecule has 3 atom stereocenters. The Bertz CT molecular complexity index is 563. The van der Waals surface area contributed by atoms with Crippen molar-refractivity contribution in [1.82, 2.24) is 15.5 Å². The first kappa shape index (κ1) is 14.7. The molecule has 1 saturated heterocycles. The number of carbonyl (C=O) groups is 1. The van der Waals surface area contributed by atoms with Crippen molar-refractivity contribution in [3.63, 3.8) is 0 Å². The molecule has 1 spiro atoms. The number of nitrogens with zero attached hydrogens (tertiary/aromatic N) is 3. The summed E-state index contributed by atoms with van der Waals surface area (Å²) in [6, 6.07) is -1.43. The summed E-state index contributed by atoms with van der Waals surface area (Å²) in [7, 11) is 1.43. The molecular weight excluding hydrogens is 294 g/mol. The van der Waals surface area contributed by atoms with Gasteiger partial charge < -0.3 is 42.0 Å². The molecule has 11 heteroatoms. The van der Waals surface area contributed by atoms with Gasteiger partial charge in [0.15, 0.2) is 17.6 Å². The van der Waals surface area contributed by atoms with Gasteiger partial charge >= 0.3 is 6.09 Å². The van der Waals surface area contributed by atoms with Crippen molar-refractivity contribution < 1.29 is 19.7 Å². The lowest BCUT2D eigenvalue weighted by Gasteiger charge is -2.48. The van der Waals surface area contributed by atoms with E-state index in [0.717, 1.165) is 0 Å². The van der Waals surface area contributed by atoms with Gasteiger partial charge in [-0.2, -0.15) is 0 Å². The van der Waals surface area contributed by atoms with Crippen LogP contribution in [0.3, 0.4) is 0 Å². The van der Waals surface area contributed by atoms with Gasteiger partial charge in [-0.3, -0.25) is 0 Å². The molecule has 3 heterocycles. The van der Waals surface area contributed by atoms with Crippen LogP contribution in [0.4, 0.5) is 4.79 Å². The SMILES string of the molecule is CNC(=O)OC[C@@H]1N=C(N)N2CCC(O)(O)[C@@]23NC(N)=N[C@@H]13. The number of hydrogen-bond donors (Lipinski definition) is 6. The highest BCUT2D eigenvalue weighted by atomic mass is 16.5. The summed E-state index contributed by atoms with van der Waals surface area (Å²) in [5.41, 5.74) is 10.3. The summed E-state index contributed by atoms with van der Waals surface area (Å²) >= 11 is 0. The van der Waals surface area contributed by atoms with E-state index < -0.39 is 29.6 Å². The highest BCUT2D eigenvalue weighted by Crippen LogP contribution is 2.44. The molecule has 1 fully saturated rings. The Labute approximate surface area is 126 Å². The summed E-state index contributed by atoms with van der Waals surface area (Å²) in [5, 5.41) is 26.0. The Hall–Kier alpha value is -2.27. The summed E-state index contributed by atoms with van der Waals surface area (Å²) in [5.74, 6) is -1.93. The van der Waals surface area contributed by atoms with E-state index in [4.69, 9.17) is 16.2 Å². The van der Waals surface area contributed by atoms with E-state index in [1.54, 1.807) is 0 Å². The minimum Gasteiger partial charge on any atom is -0.447 e. The molecule has 0 unspecified atom stereocenters. The molecule has 0 bridgehead atoms. The molecule has 0 saturated carbocycles. The molecule has 1 amide bonds. The number of aliphatic hydroxyl groups is 2. The summed E-state index contributed by atoms with van der Waals surface area (Å²) in [4.78, 5) is 21.3. The fourth-order valence-corrected chi connectivity index (χ4v) is 3.29. The van der Waals surface area contributed by atoms with Crippen molar-refractivity contribution in [3.8, 4) is 0 Å². The van der Waals surface area contributed by atoms with Crippen LogP contribution in [0.5, 0.6) is 0 Å². The van der Waals surface area contributed by atoms with E-state index in [-0.39, 0.29) is 31.5 Å². The molecule has 0 aromatic heterocycles. The third-order valence-corrected chi connectivity index (χ3v) is 4.27. The number of amides is 1. The van der Waals surface area contributed by atoms with E-state index in [1.807, 2.05) is 0 Å². The van der Waals surface area contributed by atoms with Crippen LogP contribution in [0.15, 0.2) is 9.98 Å². The van der Waals surface area contributed by atoms with Crippen molar-refractivity contribution in [1.29, 1.82) is 0 Å². The molecule has 0 aliphatic carbocycles. The number of ether oxygens (including phenoxy) is 1. The minimum atomic E-state index is -2.10. The molecule has 3 aliphatic heterocycles. The third kappa shape index (κ3) is 1.78. The van der Waals surface area contributed by atoms with Crippen molar-refractivity contribution >= 4 is 18.0 Å². The predicted octanol–water partition coefficient (Wildman–Crippen LogP) is -3.59. The number of aliphatic imine (C=N–C) groups is 2. The average molecular weight is 313 g/mol. The van der Waals surface area contributed by atoms with Crippen LogP contribution >= 0.6 is 0 Å². The first-order valence-electron chi connectivity index (χ1n) is 6.83. The summed E-state index contributed by atoms with van der Waals surface area (Å²) in [6.07, 6.45) is -0.572. The van der Waals surface area contributed by atoms with Gasteiger partial charge in [-0.25, -0.2) is 14.8 Å². The van der Waals surface area contributed by atoms with E-state index >= 15 is 0 Å². The lowest BCUT2D eigenvalue weighted by Crippen LogP contribution is -2.76. The largest absolute Gasteiger partial charge is 0.447 e. The zero-order chi connectivity index (χ0) is 16.1. The van der Waals surface area contributed by atoms with E-state index in [1.165, 1.54) is 11.9 Å². The zero-order valence-corrected chi connectivity index (χ0v) is 12.0. The van der Waals surface area contributed by atoms with Gasteiger partial charge in [-0.05, 0) is 0 Å². The van der Waals surface area contributed by atoms with Gasteiger partial charge in [0, 0.05) is 20.0 Å². The van der Waals surface area contributed by atoms with Crippen LogP contribution in [-0.2, 0) is 4.74 Å². The monoisotopic (exact) mass is 313 g/mol. The van der Waals surface area contributed by atoms with E-state index in [9.17, 15) is 15.0 Å². The van der Waals surface area contributed by atoms with Gasteiger partial charge in [0.25, 0.3) is 0 Å². The molecule has 0 aromatic rings. The Morgan fingerprint density at radius 3 is 2.95 bits per heavy atom. The van der Waals surface area contributed by atoms with Crippen molar-refractivity contribution in [2.45, 2.75) is 30.0 Å². The second-order valence-electron chi connectivity index (χ2n) is 5.47.